The summed E-state index contributed by atoms with van der Waals surface area (Å²) in [6.07, 6.45) is 4.61. The average Bonchev–Trinajstić information content (AvgIpc) is 3.03. The second-order valence-corrected chi connectivity index (χ2v) is 6.39. The first-order chi connectivity index (χ1) is 11.6. The molecule has 24 heavy (non-hydrogen) atoms. The van der Waals surface area contributed by atoms with E-state index in [1.54, 1.807) is 24.4 Å². The van der Waals surface area contributed by atoms with Crippen LogP contribution in [0.15, 0.2) is 41.5 Å². The molecule has 0 aliphatic heterocycles. The van der Waals surface area contributed by atoms with Crippen LogP contribution in [0.1, 0.15) is 24.8 Å². The maximum atomic E-state index is 9.22. The van der Waals surface area contributed by atoms with E-state index in [-0.39, 0.29) is 12.6 Å². The Hall–Kier alpha value is -2.18. The van der Waals surface area contributed by atoms with Gasteiger partial charge in [-0.15, -0.1) is 0 Å². The molecule has 0 amide bonds. The second kappa shape index (κ2) is 7.59. The van der Waals surface area contributed by atoms with Crippen LogP contribution in [0.5, 0.6) is 0 Å². The molecular weight excluding hydrogens is 326 g/mol. The first-order valence-corrected chi connectivity index (χ1v) is 8.32. The molecule has 0 radical (unpaired) electrons. The number of aliphatic hydroxyl groups excluding tert-OH is 1. The van der Waals surface area contributed by atoms with Gasteiger partial charge in [0.25, 0.3) is 0 Å². The summed E-state index contributed by atoms with van der Waals surface area (Å²) in [6.45, 7) is 0.236. The Bertz CT molecular complexity index is 736. The molecule has 1 aliphatic rings. The Balaban J connectivity index is 1.72. The largest absolute Gasteiger partial charge is 0.396 e. The van der Waals surface area contributed by atoms with Crippen molar-refractivity contribution in [3.8, 4) is 0 Å². The maximum Gasteiger partial charge on any atom is 0.224 e. The number of aliphatic imine (C=N–C) groups is 1. The molecule has 0 bridgehead atoms. The Morgan fingerprint density at radius 2 is 2.25 bits per heavy atom. The van der Waals surface area contributed by atoms with Crippen LogP contribution in [0.2, 0.25) is 5.02 Å². The third kappa shape index (κ3) is 4.21. The number of hydrogen-bond donors (Lipinski definition) is 3. The van der Waals surface area contributed by atoms with Gasteiger partial charge >= 0.3 is 0 Å². The number of nitrogens with one attached hydrogen (secondary N) is 1. The van der Waals surface area contributed by atoms with Crippen LogP contribution in [0.3, 0.4) is 0 Å². The molecule has 126 valence electrons. The highest BCUT2D eigenvalue weighted by Gasteiger charge is 2.24. The summed E-state index contributed by atoms with van der Waals surface area (Å²) in [6, 6.07) is 9.20. The zero-order valence-corrected chi connectivity index (χ0v) is 13.9. The summed E-state index contributed by atoms with van der Waals surface area (Å²) in [5.41, 5.74) is 6.78. The van der Waals surface area contributed by atoms with E-state index in [1.165, 1.54) is 0 Å². The number of aromatic nitrogens is 2. The molecule has 4 N–H and O–H groups in total. The fourth-order valence-electron chi connectivity index (χ4n) is 2.87. The van der Waals surface area contributed by atoms with E-state index in [1.807, 2.05) is 12.1 Å². The van der Waals surface area contributed by atoms with E-state index in [0.717, 1.165) is 24.8 Å². The van der Waals surface area contributed by atoms with Crippen LogP contribution >= 0.6 is 11.6 Å². The van der Waals surface area contributed by atoms with Crippen molar-refractivity contribution in [3.63, 3.8) is 0 Å². The third-order valence-corrected chi connectivity index (χ3v) is 4.36. The highest BCUT2D eigenvalue weighted by molar-refractivity contribution is 6.31. The average molecular weight is 346 g/mol. The number of halogens is 1. The minimum Gasteiger partial charge on any atom is -0.396 e. The predicted molar refractivity (Wildman–Crippen MR) is 95.7 cm³/mol. The Kier molecular flexibility index (Phi) is 5.27. The van der Waals surface area contributed by atoms with Crippen molar-refractivity contribution in [3.05, 3.63) is 47.1 Å². The molecule has 2 atom stereocenters. The molecule has 3 rings (SSSR count). The van der Waals surface area contributed by atoms with Gasteiger partial charge in [-0.25, -0.2) is 9.98 Å². The topological polar surface area (TPSA) is 96.4 Å². The first kappa shape index (κ1) is 16.7. The van der Waals surface area contributed by atoms with E-state index >= 15 is 0 Å². The van der Waals surface area contributed by atoms with Gasteiger partial charge in [0.15, 0.2) is 5.82 Å². The monoisotopic (exact) mass is 345 g/mol. The zero-order chi connectivity index (χ0) is 16.9. The minimum absolute atomic E-state index is 0.236. The molecule has 0 saturated heterocycles. The number of rotatable bonds is 5. The molecule has 1 heterocycles. The summed E-state index contributed by atoms with van der Waals surface area (Å²) >= 11 is 5.97. The number of aliphatic hydroxyl groups is 1. The number of nitrogens with zero attached hydrogens (tertiary/aromatic N) is 3. The van der Waals surface area contributed by atoms with Gasteiger partial charge in [0.2, 0.25) is 5.95 Å². The fraction of sp³-hybridized carbons (Fsp3) is 0.353. The lowest BCUT2D eigenvalue weighted by Crippen LogP contribution is -2.18. The van der Waals surface area contributed by atoms with Crippen LogP contribution in [0, 0.1) is 5.92 Å². The lowest BCUT2D eigenvalue weighted by Gasteiger charge is -2.12. The molecular formula is C17H20ClN5O. The third-order valence-electron chi connectivity index (χ3n) is 4.13. The predicted octanol–water partition coefficient (Wildman–Crippen LogP) is 2.74. The Morgan fingerprint density at radius 3 is 3.00 bits per heavy atom. The lowest BCUT2D eigenvalue weighted by atomic mass is 10.1. The molecule has 2 aromatic rings. The summed E-state index contributed by atoms with van der Waals surface area (Å²) < 4.78 is 0. The quantitative estimate of drug-likeness (QED) is 0.572. The highest BCUT2D eigenvalue weighted by atomic mass is 35.5. The SMILES string of the molecule is NC(=Nc1ccnc(NC2CCC(CO)C2)n1)c1cccc(Cl)c1. The van der Waals surface area contributed by atoms with Crippen molar-refractivity contribution in [2.45, 2.75) is 25.3 Å². The van der Waals surface area contributed by atoms with Gasteiger partial charge in [0.1, 0.15) is 5.84 Å². The first-order valence-electron chi connectivity index (χ1n) is 7.94. The van der Waals surface area contributed by atoms with Crippen LogP contribution < -0.4 is 11.1 Å². The van der Waals surface area contributed by atoms with Gasteiger partial charge in [0.05, 0.1) is 0 Å². The summed E-state index contributed by atoms with van der Waals surface area (Å²) in [4.78, 5) is 13.0. The van der Waals surface area contributed by atoms with Gasteiger partial charge in [0, 0.05) is 35.5 Å². The van der Waals surface area contributed by atoms with E-state index in [2.05, 4.69) is 20.3 Å². The molecule has 1 saturated carbocycles. The van der Waals surface area contributed by atoms with E-state index in [4.69, 9.17) is 17.3 Å². The van der Waals surface area contributed by atoms with Crippen LogP contribution in [-0.4, -0.2) is 33.6 Å². The zero-order valence-electron chi connectivity index (χ0n) is 13.2. The van der Waals surface area contributed by atoms with Gasteiger partial charge in [-0.1, -0.05) is 23.7 Å². The van der Waals surface area contributed by atoms with Gasteiger partial charge < -0.3 is 16.2 Å². The van der Waals surface area contributed by atoms with Crippen LogP contribution in [0.4, 0.5) is 11.8 Å². The maximum absolute atomic E-state index is 9.22. The van der Waals surface area contributed by atoms with Gasteiger partial charge in [-0.05, 0) is 37.3 Å². The van der Waals surface area contributed by atoms with Crippen molar-refractivity contribution >= 4 is 29.2 Å². The summed E-state index contributed by atoms with van der Waals surface area (Å²) in [5, 5.41) is 13.1. The smallest absolute Gasteiger partial charge is 0.224 e. The molecule has 0 spiro atoms. The molecule has 6 nitrogen and oxygen atoms in total. The molecule has 1 fully saturated rings. The van der Waals surface area contributed by atoms with Crippen molar-refractivity contribution < 1.29 is 5.11 Å². The number of amidine groups is 1. The van der Waals surface area contributed by atoms with Crippen molar-refractivity contribution in [2.24, 2.45) is 16.6 Å². The normalized spacial score (nSPS) is 21.0. The van der Waals surface area contributed by atoms with Crippen molar-refractivity contribution in [2.75, 3.05) is 11.9 Å². The summed E-state index contributed by atoms with van der Waals surface area (Å²) in [7, 11) is 0. The summed E-state index contributed by atoms with van der Waals surface area (Å²) in [5.74, 6) is 1.73. The van der Waals surface area contributed by atoms with Crippen LogP contribution in [-0.2, 0) is 0 Å². The Labute approximate surface area is 145 Å². The molecule has 1 aliphatic carbocycles. The van der Waals surface area contributed by atoms with E-state index in [0.29, 0.717) is 28.5 Å². The Morgan fingerprint density at radius 1 is 1.38 bits per heavy atom. The van der Waals surface area contributed by atoms with E-state index < -0.39 is 0 Å². The fourth-order valence-corrected chi connectivity index (χ4v) is 3.06. The number of benzene rings is 1. The number of anilines is 1. The molecule has 1 aromatic carbocycles. The number of hydrogen-bond acceptors (Lipinski definition) is 5. The number of nitrogens with two attached hydrogens (primary N) is 1. The van der Waals surface area contributed by atoms with Gasteiger partial charge in [-0.3, -0.25) is 0 Å². The van der Waals surface area contributed by atoms with Crippen LogP contribution in [0.25, 0.3) is 0 Å². The minimum atomic E-state index is 0.236. The standard InChI is InChI=1S/C17H20ClN5O/c18-13-3-1-2-12(9-13)16(19)22-15-6-7-20-17(23-15)21-14-5-4-11(8-14)10-24/h1-3,6-7,9,11,14,24H,4-5,8,10H2,(H3,19,20,21,22,23). The van der Waals surface area contributed by atoms with E-state index in [9.17, 15) is 5.11 Å². The molecule has 1 aromatic heterocycles. The lowest BCUT2D eigenvalue weighted by molar-refractivity contribution is 0.229. The molecule has 7 heteroatoms. The van der Waals surface area contributed by atoms with Gasteiger partial charge in [-0.2, -0.15) is 4.98 Å². The van der Waals surface area contributed by atoms with Crippen molar-refractivity contribution in [1.82, 2.24) is 9.97 Å². The molecule has 2 unspecified atom stereocenters. The second-order valence-electron chi connectivity index (χ2n) is 5.95. The van der Waals surface area contributed by atoms with Crippen molar-refractivity contribution in [1.29, 1.82) is 0 Å². The highest BCUT2D eigenvalue weighted by Crippen LogP contribution is 2.27.